The Hall–Kier alpha value is -2.11. The molecule has 26 heavy (non-hydrogen) atoms. The molecule has 2 heterocycles. The van der Waals surface area contributed by atoms with Crippen LogP contribution in [-0.4, -0.2) is 16.2 Å². The summed E-state index contributed by atoms with van der Waals surface area (Å²) < 4.78 is 0. The van der Waals surface area contributed by atoms with E-state index in [-0.39, 0.29) is 0 Å². The van der Waals surface area contributed by atoms with Gasteiger partial charge in [0.25, 0.3) is 0 Å². The van der Waals surface area contributed by atoms with Gasteiger partial charge < -0.3 is 5.32 Å². The Kier molecular flexibility index (Phi) is 4.06. The fourth-order valence-corrected chi connectivity index (χ4v) is 5.47. The van der Waals surface area contributed by atoms with Crippen LogP contribution < -0.4 is 5.32 Å². The molecular weight excluding hydrogens is 358 g/mol. The summed E-state index contributed by atoms with van der Waals surface area (Å²) in [4.78, 5) is 12.3. The van der Waals surface area contributed by atoms with Gasteiger partial charge in [0.1, 0.15) is 10.6 Å². The zero-order valence-electron chi connectivity index (χ0n) is 14.6. The number of benzene rings is 2. The Morgan fingerprint density at radius 3 is 2.77 bits per heavy atom. The van der Waals surface area contributed by atoms with Crippen molar-refractivity contribution in [3.63, 3.8) is 0 Å². The molecule has 0 amide bonds. The first-order chi connectivity index (χ1) is 12.8. The molecule has 0 saturated heterocycles. The Balaban J connectivity index is 1.71. The summed E-state index contributed by atoms with van der Waals surface area (Å²) in [6.07, 6.45) is 6.90. The van der Waals surface area contributed by atoms with E-state index >= 15 is 0 Å². The third kappa shape index (κ3) is 2.66. The van der Waals surface area contributed by atoms with Crippen LogP contribution in [0.1, 0.15) is 23.3 Å². The first kappa shape index (κ1) is 16.1. The third-order valence-electron chi connectivity index (χ3n) is 5.02. The van der Waals surface area contributed by atoms with E-state index in [1.54, 1.807) is 11.8 Å². The minimum absolute atomic E-state index is 0.832. The molecule has 1 aliphatic carbocycles. The van der Waals surface area contributed by atoms with Crippen molar-refractivity contribution in [3.05, 3.63) is 52.9 Å². The predicted molar refractivity (Wildman–Crippen MR) is 113 cm³/mol. The van der Waals surface area contributed by atoms with Crippen molar-refractivity contribution >= 4 is 55.6 Å². The van der Waals surface area contributed by atoms with Gasteiger partial charge in [0.05, 0.1) is 5.39 Å². The lowest BCUT2D eigenvalue weighted by Crippen LogP contribution is -2.02. The van der Waals surface area contributed by atoms with Crippen LogP contribution in [0.2, 0.25) is 0 Å². The SMILES string of the molecule is CSc1nc(Nc2cccc3ccccc23)c2c3c(sc2n1)CCCC3. The molecule has 2 aromatic heterocycles. The van der Waals surface area contributed by atoms with E-state index in [0.29, 0.717) is 0 Å². The normalized spacial score (nSPS) is 13.9. The highest BCUT2D eigenvalue weighted by Gasteiger charge is 2.21. The van der Waals surface area contributed by atoms with Gasteiger partial charge in [-0.2, -0.15) is 0 Å². The number of hydrogen-bond donors (Lipinski definition) is 1. The zero-order valence-corrected chi connectivity index (χ0v) is 16.2. The second kappa shape index (κ2) is 6.56. The largest absolute Gasteiger partial charge is 0.339 e. The van der Waals surface area contributed by atoms with E-state index in [0.717, 1.165) is 27.9 Å². The van der Waals surface area contributed by atoms with Crippen LogP contribution in [0.25, 0.3) is 21.0 Å². The molecule has 3 nitrogen and oxygen atoms in total. The van der Waals surface area contributed by atoms with Crippen molar-refractivity contribution in [3.8, 4) is 0 Å². The van der Waals surface area contributed by atoms with Crippen LogP contribution in [-0.2, 0) is 12.8 Å². The molecule has 0 radical (unpaired) electrons. The summed E-state index contributed by atoms with van der Waals surface area (Å²) >= 11 is 3.46. The lowest BCUT2D eigenvalue weighted by atomic mass is 9.97. The summed E-state index contributed by atoms with van der Waals surface area (Å²) in [5.41, 5.74) is 2.57. The maximum atomic E-state index is 4.85. The van der Waals surface area contributed by atoms with Crippen molar-refractivity contribution in [1.82, 2.24) is 9.97 Å². The number of rotatable bonds is 3. The zero-order chi connectivity index (χ0) is 17.5. The molecule has 0 fully saturated rings. The Morgan fingerprint density at radius 1 is 1.00 bits per heavy atom. The van der Waals surface area contributed by atoms with Gasteiger partial charge in [-0.25, -0.2) is 9.97 Å². The van der Waals surface area contributed by atoms with Gasteiger partial charge in [-0.3, -0.25) is 0 Å². The van der Waals surface area contributed by atoms with Crippen LogP contribution in [0.5, 0.6) is 0 Å². The highest BCUT2D eigenvalue weighted by atomic mass is 32.2. The monoisotopic (exact) mass is 377 g/mol. The number of fused-ring (bicyclic) bond motifs is 4. The molecule has 0 atom stereocenters. The molecule has 0 unspecified atom stereocenters. The first-order valence-corrected chi connectivity index (χ1v) is 11.0. The number of hydrogen-bond acceptors (Lipinski definition) is 5. The summed E-state index contributed by atoms with van der Waals surface area (Å²) in [5, 5.41) is 8.16. The number of nitrogens with zero attached hydrogens (tertiary/aromatic N) is 2. The van der Waals surface area contributed by atoms with Crippen LogP contribution >= 0.6 is 23.1 Å². The van der Waals surface area contributed by atoms with Gasteiger partial charge in [-0.15, -0.1) is 11.3 Å². The molecule has 1 aliphatic rings. The molecule has 1 N–H and O–H groups in total. The Morgan fingerprint density at radius 2 is 1.85 bits per heavy atom. The topological polar surface area (TPSA) is 37.8 Å². The molecule has 130 valence electrons. The van der Waals surface area contributed by atoms with Gasteiger partial charge in [0, 0.05) is 16.0 Å². The Labute approximate surface area is 160 Å². The second-order valence-electron chi connectivity index (χ2n) is 6.60. The second-order valence-corrected chi connectivity index (χ2v) is 8.46. The van der Waals surface area contributed by atoms with E-state index < -0.39 is 0 Å². The number of aryl methyl sites for hydroxylation is 2. The van der Waals surface area contributed by atoms with Crippen LogP contribution in [0, 0.1) is 0 Å². The Bertz CT molecular complexity index is 1110. The molecular formula is C21H19N3S2. The van der Waals surface area contributed by atoms with Gasteiger partial charge in [0.15, 0.2) is 5.16 Å². The van der Waals surface area contributed by atoms with Crippen molar-refractivity contribution in [1.29, 1.82) is 0 Å². The molecule has 5 heteroatoms. The lowest BCUT2D eigenvalue weighted by molar-refractivity contribution is 0.700. The number of aromatic nitrogens is 2. The molecule has 2 aromatic carbocycles. The average Bonchev–Trinajstić information content (AvgIpc) is 3.07. The van der Waals surface area contributed by atoms with E-state index in [4.69, 9.17) is 9.97 Å². The molecule has 0 aliphatic heterocycles. The number of anilines is 2. The summed E-state index contributed by atoms with van der Waals surface area (Å²) in [6.45, 7) is 0. The molecule has 5 rings (SSSR count). The van der Waals surface area contributed by atoms with Gasteiger partial charge in [0.2, 0.25) is 0 Å². The molecule has 4 aromatic rings. The first-order valence-electron chi connectivity index (χ1n) is 8.94. The fraction of sp³-hybridized carbons (Fsp3) is 0.238. The van der Waals surface area contributed by atoms with Crippen LogP contribution in [0.15, 0.2) is 47.6 Å². The van der Waals surface area contributed by atoms with Gasteiger partial charge in [-0.1, -0.05) is 48.2 Å². The van der Waals surface area contributed by atoms with E-state index in [2.05, 4.69) is 47.8 Å². The number of thioether (sulfide) groups is 1. The quantitative estimate of drug-likeness (QED) is 0.341. The molecule has 0 spiro atoms. The minimum atomic E-state index is 0.832. The van der Waals surface area contributed by atoms with E-state index in [1.807, 2.05) is 17.6 Å². The number of thiophene rings is 1. The smallest absolute Gasteiger partial charge is 0.190 e. The average molecular weight is 378 g/mol. The summed E-state index contributed by atoms with van der Waals surface area (Å²) in [6, 6.07) is 14.9. The third-order valence-corrected chi connectivity index (χ3v) is 6.75. The molecule has 0 bridgehead atoms. The van der Waals surface area contributed by atoms with Crippen LogP contribution in [0.4, 0.5) is 11.5 Å². The summed E-state index contributed by atoms with van der Waals surface area (Å²) in [5.74, 6) is 0.954. The van der Waals surface area contributed by atoms with Gasteiger partial charge >= 0.3 is 0 Å². The lowest BCUT2D eigenvalue weighted by Gasteiger charge is -2.14. The highest BCUT2D eigenvalue weighted by Crippen LogP contribution is 2.40. The van der Waals surface area contributed by atoms with E-state index in [1.165, 1.54) is 45.9 Å². The fourth-order valence-electron chi connectivity index (χ4n) is 3.78. The number of nitrogens with one attached hydrogen (secondary N) is 1. The van der Waals surface area contributed by atoms with E-state index in [9.17, 15) is 0 Å². The van der Waals surface area contributed by atoms with Crippen molar-refractivity contribution in [2.24, 2.45) is 0 Å². The minimum Gasteiger partial charge on any atom is -0.339 e. The van der Waals surface area contributed by atoms with Gasteiger partial charge in [-0.05, 0) is 49.0 Å². The standard InChI is InChI=1S/C21H19N3S2/c1-25-21-23-19(18-15-10-4-5-12-17(15)26-20(18)24-21)22-16-11-6-8-13-7-2-3-9-14(13)16/h2-3,6-9,11H,4-5,10,12H2,1H3,(H,22,23,24). The van der Waals surface area contributed by atoms with Crippen molar-refractivity contribution in [2.45, 2.75) is 30.8 Å². The predicted octanol–water partition coefficient (Wildman–Crippen LogP) is 6.19. The van der Waals surface area contributed by atoms with Crippen molar-refractivity contribution in [2.75, 3.05) is 11.6 Å². The highest BCUT2D eigenvalue weighted by molar-refractivity contribution is 7.98. The van der Waals surface area contributed by atoms with Crippen molar-refractivity contribution < 1.29 is 0 Å². The maximum Gasteiger partial charge on any atom is 0.190 e. The van der Waals surface area contributed by atoms with Crippen LogP contribution in [0.3, 0.4) is 0 Å². The molecule has 0 saturated carbocycles. The maximum absolute atomic E-state index is 4.85. The summed E-state index contributed by atoms with van der Waals surface area (Å²) in [7, 11) is 0.